The van der Waals surface area contributed by atoms with Gasteiger partial charge in [-0.25, -0.2) is 0 Å². The van der Waals surface area contributed by atoms with E-state index in [4.69, 9.17) is 10.5 Å². The van der Waals surface area contributed by atoms with Crippen molar-refractivity contribution in [1.29, 1.82) is 0 Å². The van der Waals surface area contributed by atoms with Gasteiger partial charge in [0.2, 0.25) is 0 Å². The van der Waals surface area contributed by atoms with E-state index in [2.05, 4.69) is 29.2 Å². The molecule has 1 aromatic carbocycles. The minimum absolute atomic E-state index is 0.152. The highest BCUT2D eigenvalue weighted by molar-refractivity contribution is 5.14. The van der Waals surface area contributed by atoms with Crippen LogP contribution in [0.15, 0.2) is 30.3 Å². The van der Waals surface area contributed by atoms with Crippen LogP contribution in [0.4, 0.5) is 0 Å². The van der Waals surface area contributed by atoms with Crippen molar-refractivity contribution >= 4 is 0 Å². The van der Waals surface area contributed by atoms with Crippen LogP contribution in [0.3, 0.4) is 0 Å². The van der Waals surface area contributed by atoms with Crippen molar-refractivity contribution in [2.45, 2.75) is 18.7 Å². The lowest BCUT2D eigenvalue weighted by Gasteiger charge is -2.14. The van der Waals surface area contributed by atoms with Gasteiger partial charge in [0.1, 0.15) is 0 Å². The Morgan fingerprint density at radius 2 is 2.07 bits per heavy atom. The number of hydrogen-bond donors (Lipinski definition) is 1. The molecule has 2 rings (SSSR count). The Morgan fingerprint density at radius 3 is 2.67 bits per heavy atom. The van der Waals surface area contributed by atoms with Gasteiger partial charge in [0.15, 0.2) is 0 Å². The molecule has 3 nitrogen and oxygen atoms in total. The van der Waals surface area contributed by atoms with E-state index in [9.17, 15) is 0 Å². The standard InChI is InChI=1S/C12H18N2O/c1-15-12-9-14(8-11(12)13)7-10-5-3-2-4-6-10/h2-6,11-12H,7-9,13H2,1H3. The second-order valence-electron chi connectivity index (χ2n) is 4.12. The Bertz CT molecular complexity index is 302. The molecule has 0 saturated carbocycles. The van der Waals surface area contributed by atoms with Crippen LogP contribution in [-0.2, 0) is 11.3 Å². The third kappa shape index (κ3) is 2.56. The molecule has 15 heavy (non-hydrogen) atoms. The van der Waals surface area contributed by atoms with Crippen molar-refractivity contribution in [3.05, 3.63) is 35.9 Å². The number of nitrogens with two attached hydrogens (primary N) is 1. The van der Waals surface area contributed by atoms with Crippen LogP contribution < -0.4 is 5.73 Å². The monoisotopic (exact) mass is 206 g/mol. The number of ether oxygens (including phenoxy) is 1. The van der Waals surface area contributed by atoms with Crippen molar-refractivity contribution < 1.29 is 4.74 Å². The summed E-state index contributed by atoms with van der Waals surface area (Å²) in [6.45, 7) is 2.83. The zero-order chi connectivity index (χ0) is 10.7. The fraction of sp³-hybridized carbons (Fsp3) is 0.500. The maximum Gasteiger partial charge on any atom is 0.0861 e. The maximum absolute atomic E-state index is 5.97. The first-order chi connectivity index (χ1) is 7.29. The molecule has 1 aliphatic heterocycles. The minimum Gasteiger partial charge on any atom is -0.378 e. The molecule has 1 heterocycles. The Balaban J connectivity index is 1.92. The zero-order valence-corrected chi connectivity index (χ0v) is 9.10. The number of benzene rings is 1. The number of rotatable bonds is 3. The molecule has 1 fully saturated rings. The first kappa shape index (κ1) is 10.6. The summed E-state index contributed by atoms with van der Waals surface area (Å²) in [4.78, 5) is 2.34. The molecule has 82 valence electrons. The molecule has 0 aromatic heterocycles. The smallest absolute Gasteiger partial charge is 0.0861 e. The van der Waals surface area contributed by atoms with E-state index in [1.807, 2.05) is 6.07 Å². The van der Waals surface area contributed by atoms with Gasteiger partial charge >= 0.3 is 0 Å². The van der Waals surface area contributed by atoms with Gasteiger partial charge in [0.05, 0.1) is 6.10 Å². The first-order valence-electron chi connectivity index (χ1n) is 5.34. The quantitative estimate of drug-likeness (QED) is 0.796. The fourth-order valence-corrected chi connectivity index (χ4v) is 2.10. The van der Waals surface area contributed by atoms with Gasteiger partial charge in [0.25, 0.3) is 0 Å². The summed E-state index contributed by atoms with van der Waals surface area (Å²) >= 11 is 0. The summed E-state index contributed by atoms with van der Waals surface area (Å²) in [7, 11) is 1.73. The maximum atomic E-state index is 5.97. The number of nitrogens with zero attached hydrogens (tertiary/aromatic N) is 1. The van der Waals surface area contributed by atoms with Gasteiger partial charge in [-0.1, -0.05) is 30.3 Å². The summed E-state index contributed by atoms with van der Waals surface area (Å²) in [5.41, 5.74) is 7.30. The van der Waals surface area contributed by atoms with E-state index in [0.717, 1.165) is 19.6 Å². The summed E-state index contributed by atoms with van der Waals surface area (Å²) in [6.07, 6.45) is 0.189. The molecule has 2 N–H and O–H groups in total. The van der Waals surface area contributed by atoms with Crippen LogP contribution in [0.1, 0.15) is 5.56 Å². The van der Waals surface area contributed by atoms with Crippen molar-refractivity contribution in [1.82, 2.24) is 4.90 Å². The predicted molar refractivity (Wildman–Crippen MR) is 60.5 cm³/mol. The van der Waals surface area contributed by atoms with Crippen LogP contribution in [0.2, 0.25) is 0 Å². The number of hydrogen-bond acceptors (Lipinski definition) is 3. The topological polar surface area (TPSA) is 38.5 Å². The Kier molecular flexibility index (Phi) is 3.36. The van der Waals surface area contributed by atoms with Crippen molar-refractivity contribution in [3.8, 4) is 0 Å². The highest BCUT2D eigenvalue weighted by Crippen LogP contribution is 2.14. The summed E-state index contributed by atoms with van der Waals surface area (Å²) in [6, 6.07) is 10.6. The highest BCUT2D eigenvalue weighted by atomic mass is 16.5. The molecular formula is C12H18N2O. The lowest BCUT2D eigenvalue weighted by Crippen LogP contribution is -2.34. The van der Waals surface area contributed by atoms with Crippen molar-refractivity contribution in [2.75, 3.05) is 20.2 Å². The summed E-state index contributed by atoms with van der Waals surface area (Å²) < 4.78 is 5.32. The molecule has 3 heteroatoms. The van der Waals surface area contributed by atoms with Crippen LogP contribution in [-0.4, -0.2) is 37.2 Å². The highest BCUT2D eigenvalue weighted by Gasteiger charge is 2.29. The molecule has 0 amide bonds. The minimum atomic E-state index is 0.152. The molecular weight excluding hydrogens is 188 g/mol. The Morgan fingerprint density at radius 1 is 1.33 bits per heavy atom. The van der Waals surface area contributed by atoms with Gasteiger partial charge in [-0.2, -0.15) is 0 Å². The third-order valence-corrected chi connectivity index (χ3v) is 2.94. The normalized spacial score (nSPS) is 27.1. The molecule has 1 aromatic rings. The van der Waals surface area contributed by atoms with Gasteiger partial charge < -0.3 is 10.5 Å². The van der Waals surface area contributed by atoms with Crippen LogP contribution in [0.5, 0.6) is 0 Å². The summed E-state index contributed by atoms with van der Waals surface area (Å²) in [5.74, 6) is 0. The van der Waals surface area contributed by atoms with E-state index >= 15 is 0 Å². The Labute approximate surface area is 90.8 Å². The van der Waals surface area contributed by atoms with E-state index in [1.54, 1.807) is 7.11 Å². The molecule has 0 bridgehead atoms. The average Bonchev–Trinajstić information content (AvgIpc) is 2.60. The molecule has 2 unspecified atom stereocenters. The second kappa shape index (κ2) is 4.75. The molecule has 2 atom stereocenters. The van der Waals surface area contributed by atoms with Gasteiger partial charge in [-0.3, -0.25) is 4.90 Å². The molecule has 0 aliphatic carbocycles. The van der Waals surface area contributed by atoms with E-state index in [1.165, 1.54) is 5.56 Å². The lowest BCUT2D eigenvalue weighted by atomic mass is 10.2. The lowest BCUT2D eigenvalue weighted by molar-refractivity contribution is 0.0976. The first-order valence-corrected chi connectivity index (χ1v) is 5.34. The van der Waals surface area contributed by atoms with Gasteiger partial charge in [-0.15, -0.1) is 0 Å². The second-order valence-corrected chi connectivity index (χ2v) is 4.12. The summed E-state index contributed by atoms with van der Waals surface area (Å²) in [5, 5.41) is 0. The van der Waals surface area contributed by atoms with E-state index < -0.39 is 0 Å². The van der Waals surface area contributed by atoms with Crippen molar-refractivity contribution in [2.24, 2.45) is 5.73 Å². The number of methoxy groups -OCH3 is 1. The van der Waals surface area contributed by atoms with Crippen molar-refractivity contribution in [3.63, 3.8) is 0 Å². The third-order valence-electron chi connectivity index (χ3n) is 2.94. The largest absolute Gasteiger partial charge is 0.378 e. The predicted octanol–water partition coefficient (Wildman–Crippen LogP) is 0.845. The van der Waals surface area contributed by atoms with Crippen LogP contribution >= 0.6 is 0 Å². The van der Waals surface area contributed by atoms with Gasteiger partial charge in [0, 0.05) is 32.8 Å². The molecule has 0 radical (unpaired) electrons. The van der Waals surface area contributed by atoms with Crippen LogP contribution in [0, 0.1) is 0 Å². The van der Waals surface area contributed by atoms with Crippen LogP contribution in [0.25, 0.3) is 0 Å². The van der Waals surface area contributed by atoms with E-state index in [0.29, 0.717) is 0 Å². The number of likely N-dealkylation sites (tertiary alicyclic amines) is 1. The molecule has 1 saturated heterocycles. The fourth-order valence-electron chi connectivity index (χ4n) is 2.10. The molecule has 1 aliphatic rings. The van der Waals surface area contributed by atoms with Gasteiger partial charge in [-0.05, 0) is 5.56 Å². The SMILES string of the molecule is COC1CN(Cc2ccccc2)CC1N. The zero-order valence-electron chi connectivity index (χ0n) is 9.10. The van der Waals surface area contributed by atoms with E-state index in [-0.39, 0.29) is 12.1 Å². The average molecular weight is 206 g/mol. The Hall–Kier alpha value is -0.900. The molecule has 0 spiro atoms.